The molecule has 122 valence electrons. The van der Waals surface area contributed by atoms with Crippen LogP contribution in [0.1, 0.15) is 17.3 Å². The molecular weight excluding hydrogens is 332 g/mol. The molecule has 0 N–H and O–H groups in total. The van der Waals surface area contributed by atoms with Gasteiger partial charge in [-0.05, 0) is 54.8 Å². The summed E-state index contributed by atoms with van der Waals surface area (Å²) in [7, 11) is 0. The average molecular weight is 346 g/mol. The van der Waals surface area contributed by atoms with Crippen LogP contribution in [-0.4, -0.2) is 15.2 Å². The number of ketones is 1. The molecule has 0 atom stereocenters. The lowest BCUT2D eigenvalue weighted by Gasteiger charge is -1.98. The summed E-state index contributed by atoms with van der Waals surface area (Å²) in [5.74, 6) is 0.721. The number of azo groups is 1. The van der Waals surface area contributed by atoms with Crippen LogP contribution in [0.2, 0.25) is 0 Å². The number of hydrogen-bond acceptors (Lipinski definition) is 5. The second-order valence-corrected chi connectivity index (χ2v) is 6.44. The second-order valence-electron chi connectivity index (χ2n) is 5.49. The molecule has 0 saturated carbocycles. The molecule has 4 aromatic rings. The number of thiophene rings is 1. The zero-order chi connectivity index (χ0) is 17.2. The summed E-state index contributed by atoms with van der Waals surface area (Å²) < 4.78 is 1.92. The molecule has 0 saturated heterocycles. The van der Waals surface area contributed by atoms with Crippen molar-refractivity contribution in [1.82, 2.24) is 9.38 Å². The van der Waals surface area contributed by atoms with E-state index in [-0.39, 0.29) is 5.78 Å². The van der Waals surface area contributed by atoms with E-state index in [1.807, 2.05) is 46.3 Å². The molecule has 0 unspecified atom stereocenters. The van der Waals surface area contributed by atoms with Gasteiger partial charge in [0, 0.05) is 11.8 Å². The number of nitrogens with zero attached hydrogens (tertiary/aromatic N) is 4. The Kier molecular flexibility index (Phi) is 3.95. The van der Waals surface area contributed by atoms with Crippen LogP contribution in [0.4, 0.5) is 11.5 Å². The number of Topliss-reactive ketones (excluding diaryl/α,β-unsaturated/α-hetero) is 1. The Bertz CT molecular complexity index is 1060. The third-order valence-corrected chi connectivity index (χ3v) is 4.67. The second kappa shape index (κ2) is 6.41. The van der Waals surface area contributed by atoms with Crippen LogP contribution < -0.4 is 0 Å². The molecule has 25 heavy (non-hydrogen) atoms. The van der Waals surface area contributed by atoms with E-state index in [4.69, 9.17) is 0 Å². The SMILES string of the molecule is CC(=O)c1ccc(N=Nc2c(-c3cccs3)nc3ccccn23)cc1. The molecule has 0 aliphatic heterocycles. The molecule has 0 fully saturated rings. The number of hydrogen-bond donors (Lipinski definition) is 0. The van der Waals surface area contributed by atoms with Crippen LogP contribution in [0.5, 0.6) is 0 Å². The fraction of sp³-hybridized carbons (Fsp3) is 0.0526. The van der Waals surface area contributed by atoms with Crippen LogP contribution in [0.25, 0.3) is 16.2 Å². The zero-order valence-electron chi connectivity index (χ0n) is 13.5. The van der Waals surface area contributed by atoms with Gasteiger partial charge in [-0.3, -0.25) is 9.20 Å². The van der Waals surface area contributed by atoms with Crippen molar-refractivity contribution < 1.29 is 4.79 Å². The van der Waals surface area contributed by atoms with Crippen molar-refractivity contribution in [2.75, 3.05) is 0 Å². The molecule has 0 bridgehead atoms. The first-order valence-corrected chi connectivity index (χ1v) is 8.64. The lowest BCUT2D eigenvalue weighted by Crippen LogP contribution is -1.89. The van der Waals surface area contributed by atoms with Gasteiger partial charge in [0.1, 0.15) is 11.3 Å². The van der Waals surface area contributed by atoms with Crippen LogP contribution >= 0.6 is 11.3 Å². The van der Waals surface area contributed by atoms with Gasteiger partial charge in [-0.1, -0.05) is 12.1 Å². The average Bonchev–Trinajstić information content (AvgIpc) is 3.28. The maximum absolute atomic E-state index is 11.4. The number of carbonyl (C=O) groups is 1. The highest BCUT2D eigenvalue weighted by molar-refractivity contribution is 7.13. The third kappa shape index (κ3) is 2.99. The standard InChI is InChI=1S/C19H14N4OS/c1-13(24)14-7-9-15(10-8-14)21-22-19-18(16-5-4-12-25-16)20-17-6-2-3-11-23(17)19/h2-12H,1H3. The van der Waals surface area contributed by atoms with Crippen molar-refractivity contribution in [2.24, 2.45) is 10.2 Å². The van der Waals surface area contributed by atoms with Crippen LogP contribution in [-0.2, 0) is 0 Å². The molecule has 1 aromatic carbocycles. The van der Waals surface area contributed by atoms with Gasteiger partial charge in [-0.25, -0.2) is 4.98 Å². The smallest absolute Gasteiger partial charge is 0.188 e. The van der Waals surface area contributed by atoms with Gasteiger partial charge < -0.3 is 0 Å². The molecule has 3 heterocycles. The summed E-state index contributed by atoms with van der Waals surface area (Å²) >= 11 is 1.62. The highest BCUT2D eigenvalue weighted by atomic mass is 32.1. The first kappa shape index (κ1) is 15.4. The summed E-state index contributed by atoms with van der Waals surface area (Å²) in [5.41, 5.74) is 2.98. The van der Waals surface area contributed by atoms with Gasteiger partial charge in [0.25, 0.3) is 0 Å². The number of fused-ring (bicyclic) bond motifs is 1. The number of pyridine rings is 1. The Morgan fingerprint density at radius 3 is 2.60 bits per heavy atom. The van der Waals surface area contributed by atoms with Crippen molar-refractivity contribution >= 4 is 34.3 Å². The molecule has 0 amide bonds. The van der Waals surface area contributed by atoms with E-state index in [9.17, 15) is 4.79 Å². The lowest BCUT2D eigenvalue weighted by atomic mass is 10.1. The molecule has 0 spiro atoms. The maximum atomic E-state index is 11.4. The Morgan fingerprint density at radius 1 is 1.04 bits per heavy atom. The number of aromatic nitrogens is 2. The van der Waals surface area contributed by atoms with E-state index < -0.39 is 0 Å². The number of rotatable bonds is 4. The van der Waals surface area contributed by atoms with Crippen LogP contribution in [0.3, 0.4) is 0 Å². The zero-order valence-corrected chi connectivity index (χ0v) is 14.3. The molecule has 0 radical (unpaired) electrons. The van der Waals surface area contributed by atoms with Crippen LogP contribution in [0.15, 0.2) is 76.4 Å². The van der Waals surface area contributed by atoms with E-state index in [1.54, 1.807) is 42.5 Å². The van der Waals surface area contributed by atoms with Crippen molar-refractivity contribution in [2.45, 2.75) is 6.92 Å². The molecule has 6 heteroatoms. The van der Waals surface area contributed by atoms with Crippen molar-refractivity contribution in [1.29, 1.82) is 0 Å². The maximum Gasteiger partial charge on any atom is 0.188 e. The normalized spacial score (nSPS) is 11.4. The molecule has 5 nitrogen and oxygen atoms in total. The molecule has 4 rings (SSSR count). The van der Waals surface area contributed by atoms with Gasteiger partial charge in [-0.15, -0.1) is 21.6 Å². The summed E-state index contributed by atoms with van der Waals surface area (Å²) in [5, 5.41) is 10.8. The minimum absolute atomic E-state index is 0.0326. The summed E-state index contributed by atoms with van der Waals surface area (Å²) in [6, 6.07) is 16.9. The fourth-order valence-corrected chi connectivity index (χ4v) is 3.23. The highest BCUT2D eigenvalue weighted by Crippen LogP contribution is 2.34. The third-order valence-electron chi connectivity index (χ3n) is 3.79. The minimum atomic E-state index is 0.0326. The number of imidazole rings is 1. The van der Waals surface area contributed by atoms with E-state index in [0.717, 1.165) is 16.2 Å². The van der Waals surface area contributed by atoms with Crippen molar-refractivity contribution in [3.8, 4) is 10.6 Å². The van der Waals surface area contributed by atoms with Gasteiger partial charge in [-0.2, -0.15) is 0 Å². The van der Waals surface area contributed by atoms with E-state index in [1.165, 1.54) is 0 Å². The molecule has 0 aliphatic rings. The Hall–Kier alpha value is -3.12. The van der Waals surface area contributed by atoms with Gasteiger partial charge >= 0.3 is 0 Å². The summed E-state index contributed by atoms with van der Waals surface area (Å²) in [4.78, 5) is 17.1. The van der Waals surface area contributed by atoms with Gasteiger partial charge in [0.2, 0.25) is 0 Å². The predicted molar refractivity (Wildman–Crippen MR) is 99.1 cm³/mol. The highest BCUT2D eigenvalue weighted by Gasteiger charge is 2.14. The summed E-state index contributed by atoms with van der Waals surface area (Å²) in [6.07, 6.45) is 1.92. The van der Waals surface area contributed by atoms with Gasteiger partial charge in [0.15, 0.2) is 11.6 Å². The van der Waals surface area contributed by atoms with E-state index in [0.29, 0.717) is 17.1 Å². The number of carbonyl (C=O) groups excluding carboxylic acids is 1. The van der Waals surface area contributed by atoms with E-state index in [2.05, 4.69) is 15.2 Å². The van der Waals surface area contributed by atoms with Crippen molar-refractivity contribution in [3.05, 3.63) is 71.7 Å². The lowest BCUT2D eigenvalue weighted by molar-refractivity contribution is 0.101. The molecule has 3 aromatic heterocycles. The van der Waals surface area contributed by atoms with Gasteiger partial charge in [0.05, 0.1) is 10.6 Å². The Balaban J connectivity index is 1.77. The molecule has 0 aliphatic carbocycles. The molecular formula is C19H14N4OS. The minimum Gasteiger partial charge on any atom is -0.295 e. The van der Waals surface area contributed by atoms with E-state index >= 15 is 0 Å². The first-order valence-electron chi connectivity index (χ1n) is 7.76. The Morgan fingerprint density at radius 2 is 1.88 bits per heavy atom. The Labute approximate surface area is 148 Å². The number of benzene rings is 1. The first-order chi connectivity index (χ1) is 12.2. The van der Waals surface area contributed by atoms with Crippen LogP contribution in [0, 0.1) is 0 Å². The van der Waals surface area contributed by atoms with Crippen molar-refractivity contribution in [3.63, 3.8) is 0 Å². The summed E-state index contributed by atoms with van der Waals surface area (Å²) in [6.45, 7) is 1.54. The monoisotopic (exact) mass is 346 g/mol. The largest absolute Gasteiger partial charge is 0.295 e. The topological polar surface area (TPSA) is 59.1 Å². The fourth-order valence-electron chi connectivity index (χ4n) is 2.52. The quantitative estimate of drug-likeness (QED) is 0.352. The predicted octanol–water partition coefficient (Wildman–Crippen LogP) is 5.68.